The van der Waals surface area contributed by atoms with Crippen molar-refractivity contribution in [1.29, 1.82) is 5.26 Å². The van der Waals surface area contributed by atoms with E-state index < -0.39 is 6.10 Å². The molecular formula is C18H18N4O3. The van der Waals surface area contributed by atoms with Gasteiger partial charge < -0.3 is 14.7 Å². The molecule has 1 saturated heterocycles. The maximum Gasteiger partial charge on any atom is 0.256 e. The molecule has 1 aromatic carbocycles. The van der Waals surface area contributed by atoms with Gasteiger partial charge in [0, 0.05) is 18.9 Å². The number of rotatable bonds is 4. The van der Waals surface area contributed by atoms with Gasteiger partial charge in [0.2, 0.25) is 5.69 Å². The summed E-state index contributed by atoms with van der Waals surface area (Å²) in [6.07, 6.45) is 2.90. The number of benzene rings is 1. The van der Waals surface area contributed by atoms with Crippen molar-refractivity contribution < 1.29 is 14.6 Å². The van der Waals surface area contributed by atoms with Crippen LogP contribution in [0.3, 0.4) is 0 Å². The van der Waals surface area contributed by atoms with E-state index in [9.17, 15) is 9.90 Å². The number of amides is 1. The second kappa shape index (κ2) is 7.73. The van der Waals surface area contributed by atoms with Crippen molar-refractivity contribution in [2.75, 3.05) is 13.1 Å². The highest BCUT2D eigenvalue weighted by Gasteiger charge is 2.30. The number of aromatic nitrogens is 2. The maximum atomic E-state index is 12.6. The van der Waals surface area contributed by atoms with Gasteiger partial charge in [0.1, 0.15) is 12.2 Å². The molecule has 2 atom stereocenters. The number of piperidine rings is 1. The fourth-order valence-corrected chi connectivity index (χ4v) is 2.83. The van der Waals surface area contributed by atoms with Crippen LogP contribution < -0.4 is 4.74 Å². The summed E-state index contributed by atoms with van der Waals surface area (Å²) in [5.41, 5.74) is 0.687. The van der Waals surface area contributed by atoms with Gasteiger partial charge in [0.25, 0.3) is 11.8 Å². The summed E-state index contributed by atoms with van der Waals surface area (Å²) < 4.78 is 5.77. The van der Waals surface area contributed by atoms with Crippen LogP contribution in [0.4, 0.5) is 0 Å². The molecule has 1 N–H and O–H groups in total. The molecule has 1 aliphatic heterocycles. The van der Waals surface area contributed by atoms with E-state index in [2.05, 4.69) is 9.97 Å². The number of likely N-dealkylation sites (tertiary alicyclic amines) is 1. The monoisotopic (exact) mass is 338 g/mol. The van der Waals surface area contributed by atoms with E-state index >= 15 is 0 Å². The van der Waals surface area contributed by atoms with Crippen LogP contribution in [0, 0.1) is 11.3 Å². The number of aliphatic hydroxyl groups is 1. The predicted octanol–water partition coefficient (Wildman–Crippen LogP) is 1.45. The van der Waals surface area contributed by atoms with Crippen molar-refractivity contribution in [2.45, 2.75) is 25.0 Å². The number of carbonyl (C=O) groups is 1. The van der Waals surface area contributed by atoms with Crippen LogP contribution in [0.25, 0.3) is 0 Å². The van der Waals surface area contributed by atoms with Gasteiger partial charge in [0.05, 0.1) is 6.54 Å². The highest BCUT2D eigenvalue weighted by molar-refractivity contribution is 5.82. The Labute approximate surface area is 145 Å². The zero-order valence-corrected chi connectivity index (χ0v) is 13.6. The molecule has 0 aliphatic carbocycles. The lowest BCUT2D eigenvalue weighted by Crippen LogP contribution is -2.46. The fraction of sp³-hybridized carbons (Fsp3) is 0.333. The highest BCUT2D eigenvalue weighted by atomic mass is 16.5. The van der Waals surface area contributed by atoms with Crippen molar-refractivity contribution in [2.24, 2.45) is 0 Å². The molecule has 7 heteroatoms. The molecule has 0 bridgehead atoms. The normalized spacial score (nSPS) is 18.2. The van der Waals surface area contributed by atoms with Crippen LogP contribution in [0.5, 0.6) is 5.88 Å². The number of nitrogens with zero attached hydrogens (tertiary/aromatic N) is 4. The van der Waals surface area contributed by atoms with E-state index in [4.69, 9.17) is 10.00 Å². The summed E-state index contributed by atoms with van der Waals surface area (Å²) in [6, 6.07) is 10.8. The topological polar surface area (TPSA) is 99.3 Å². The Hall–Kier alpha value is -2.98. The second-order valence-electron chi connectivity index (χ2n) is 5.80. The lowest BCUT2D eigenvalue weighted by molar-refractivity contribution is -0.143. The van der Waals surface area contributed by atoms with E-state index in [1.165, 1.54) is 12.4 Å². The fourth-order valence-electron chi connectivity index (χ4n) is 2.83. The van der Waals surface area contributed by atoms with Gasteiger partial charge >= 0.3 is 0 Å². The molecule has 0 radical (unpaired) electrons. The molecule has 1 amide bonds. The quantitative estimate of drug-likeness (QED) is 0.906. The third-order valence-electron chi connectivity index (χ3n) is 4.09. The second-order valence-corrected chi connectivity index (χ2v) is 5.80. The summed E-state index contributed by atoms with van der Waals surface area (Å²) >= 11 is 0. The van der Waals surface area contributed by atoms with Gasteiger partial charge in [-0.25, -0.2) is 9.97 Å². The summed E-state index contributed by atoms with van der Waals surface area (Å²) in [5, 5.41) is 19.4. The first-order valence-corrected chi connectivity index (χ1v) is 8.08. The molecule has 1 aliphatic rings. The van der Waals surface area contributed by atoms with Gasteiger partial charge in [-0.1, -0.05) is 30.3 Å². The first-order chi connectivity index (χ1) is 12.2. The summed E-state index contributed by atoms with van der Waals surface area (Å²) in [5.74, 6) is -0.174. The molecule has 0 saturated carbocycles. The van der Waals surface area contributed by atoms with Gasteiger partial charge in [-0.15, -0.1) is 0 Å². The van der Waals surface area contributed by atoms with E-state index in [1.807, 2.05) is 12.1 Å². The van der Waals surface area contributed by atoms with Crippen LogP contribution in [-0.2, 0) is 4.79 Å². The Kier molecular flexibility index (Phi) is 5.21. The minimum Gasteiger partial charge on any atom is -0.470 e. The Bertz CT molecular complexity index is 775. The first kappa shape index (κ1) is 16.9. The highest BCUT2D eigenvalue weighted by Crippen LogP contribution is 2.22. The van der Waals surface area contributed by atoms with Crippen LogP contribution in [0.15, 0.2) is 42.7 Å². The summed E-state index contributed by atoms with van der Waals surface area (Å²) in [7, 11) is 0. The largest absolute Gasteiger partial charge is 0.470 e. The molecule has 1 fully saturated rings. The number of hydrogen-bond donors (Lipinski definition) is 1. The van der Waals surface area contributed by atoms with Crippen molar-refractivity contribution in [3.8, 4) is 11.9 Å². The number of ether oxygens (including phenoxy) is 1. The molecule has 0 unspecified atom stereocenters. The number of aliphatic hydroxyl groups excluding tert-OH is 1. The minimum atomic E-state index is -1.19. The Morgan fingerprint density at radius 3 is 2.84 bits per heavy atom. The van der Waals surface area contributed by atoms with Gasteiger partial charge in [-0.2, -0.15) is 5.26 Å². The molecule has 128 valence electrons. The average Bonchev–Trinajstić information content (AvgIpc) is 2.68. The molecule has 1 aromatic heterocycles. The number of hydrogen-bond acceptors (Lipinski definition) is 6. The minimum absolute atomic E-state index is 0.121. The molecule has 2 heterocycles. The van der Waals surface area contributed by atoms with E-state index in [-0.39, 0.29) is 23.6 Å². The van der Waals surface area contributed by atoms with Crippen molar-refractivity contribution in [1.82, 2.24) is 14.9 Å². The third-order valence-corrected chi connectivity index (χ3v) is 4.09. The maximum absolute atomic E-state index is 12.6. The van der Waals surface area contributed by atoms with Gasteiger partial charge in [0.15, 0.2) is 6.10 Å². The van der Waals surface area contributed by atoms with Crippen molar-refractivity contribution in [3.05, 3.63) is 54.0 Å². The zero-order valence-electron chi connectivity index (χ0n) is 13.6. The third kappa shape index (κ3) is 3.92. The molecular weight excluding hydrogens is 320 g/mol. The molecule has 2 aromatic rings. The zero-order chi connectivity index (χ0) is 17.6. The summed E-state index contributed by atoms with van der Waals surface area (Å²) in [6.45, 7) is 0.901. The van der Waals surface area contributed by atoms with Crippen LogP contribution in [0.1, 0.15) is 30.2 Å². The van der Waals surface area contributed by atoms with Crippen molar-refractivity contribution >= 4 is 5.91 Å². The summed E-state index contributed by atoms with van der Waals surface area (Å²) in [4.78, 5) is 22.1. The van der Waals surface area contributed by atoms with Crippen LogP contribution in [0.2, 0.25) is 0 Å². The lowest BCUT2D eigenvalue weighted by Gasteiger charge is -2.33. The average molecular weight is 338 g/mol. The predicted molar refractivity (Wildman–Crippen MR) is 88.4 cm³/mol. The van der Waals surface area contributed by atoms with Crippen LogP contribution in [-0.4, -0.2) is 45.1 Å². The van der Waals surface area contributed by atoms with E-state index in [1.54, 1.807) is 29.2 Å². The van der Waals surface area contributed by atoms with E-state index in [0.29, 0.717) is 18.7 Å². The number of nitriles is 1. The Morgan fingerprint density at radius 2 is 2.08 bits per heavy atom. The molecule has 7 nitrogen and oxygen atoms in total. The van der Waals surface area contributed by atoms with E-state index in [0.717, 1.165) is 12.8 Å². The Morgan fingerprint density at radius 1 is 1.32 bits per heavy atom. The Balaban J connectivity index is 1.67. The standard InChI is InChI=1S/C18H18N4O3/c19-11-15-17(21-9-8-20-15)25-14-7-4-10-22(12-14)18(24)16(23)13-5-2-1-3-6-13/h1-3,5-6,8-9,14,16,23H,4,7,10,12H2/t14-,16+/m0/s1. The number of carbonyl (C=O) groups excluding carboxylic acids is 1. The van der Waals surface area contributed by atoms with Gasteiger partial charge in [-0.05, 0) is 18.4 Å². The first-order valence-electron chi connectivity index (χ1n) is 8.08. The molecule has 3 rings (SSSR count). The van der Waals surface area contributed by atoms with Crippen LogP contribution >= 0.6 is 0 Å². The molecule has 0 spiro atoms. The lowest BCUT2D eigenvalue weighted by atomic mass is 10.0. The smallest absolute Gasteiger partial charge is 0.256 e. The van der Waals surface area contributed by atoms with Crippen molar-refractivity contribution in [3.63, 3.8) is 0 Å². The van der Waals surface area contributed by atoms with Gasteiger partial charge in [-0.3, -0.25) is 4.79 Å². The molecule has 25 heavy (non-hydrogen) atoms. The SMILES string of the molecule is N#Cc1nccnc1O[C@H]1CCCN(C(=O)[C@H](O)c2ccccc2)C1.